The Balaban J connectivity index is 0. The first-order valence-corrected chi connectivity index (χ1v) is 79.3. The molecule has 61 heavy (non-hydrogen) atoms. The third-order valence-electron chi connectivity index (χ3n) is 6.08. The number of aromatic amines is 2. The Labute approximate surface area is 444 Å². The molecule has 4 aromatic heterocycles. The van der Waals surface area contributed by atoms with Gasteiger partial charge in [-0.15, -0.1) is 10.2 Å². The molecule has 12 nitrogen and oxygen atoms in total. The molecular formula is C37H42ClI11N9O3-. The van der Waals surface area contributed by atoms with E-state index in [2.05, 4.69) is 167 Å². The SMILES string of the molecule is C.CC#N.CC#N.CC(=O)Cl.CC(=O)n1ccc2ccccc21.CC(=O)n1ccc2ccccc21.Cc1nn[nH]n1.I[I-]I(I)I(I)I(I)I(I)I.c1ccc2[nH]ccc2c1. The summed E-state index contributed by atoms with van der Waals surface area (Å²) in [5, 5.41) is 30.5. The molecule has 0 aliphatic heterocycles. The number of carbonyl (C=O) groups is 3. The Morgan fingerprint density at radius 1 is 0.721 bits per heavy atom. The molecule has 2 N–H and O–H groups in total. The molecule has 0 aliphatic carbocycles. The number of benzene rings is 3. The second-order valence-electron chi connectivity index (χ2n) is 10.2. The van der Waals surface area contributed by atoms with E-state index in [1.54, 1.807) is 54.4 Å². The maximum absolute atomic E-state index is 11.1. The zero-order chi connectivity index (χ0) is 45.6. The number of para-hydroxylation sites is 3. The van der Waals surface area contributed by atoms with Crippen molar-refractivity contribution in [2.75, 3.05) is 0 Å². The van der Waals surface area contributed by atoms with E-state index < -0.39 is 0 Å². The van der Waals surface area contributed by atoms with Gasteiger partial charge in [0.1, 0.15) is 0 Å². The van der Waals surface area contributed by atoms with Crippen LogP contribution in [0.1, 0.15) is 57.5 Å². The van der Waals surface area contributed by atoms with Gasteiger partial charge in [-0.3, -0.25) is 23.5 Å². The number of rotatable bonds is 4. The van der Waals surface area contributed by atoms with Crippen molar-refractivity contribution >= 4 is 205 Å². The number of H-pyrrole nitrogens is 2. The average molecular weight is 2090 g/mol. The molecule has 0 saturated heterocycles. The number of hydrogen-bond donors (Lipinski definition) is 2. The molecule has 338 valence electrons. The van der Waals surface area contributed by atoms with E-state index in [1.165, 1.54) is 31.7 Å². The van der Waals surface area contributed by atoms with Crippen molar-refractivity contribution in [3.8, 4) is 12.1 Å². The number of carbonyl (C=O) groups excluding carboxylic acids is 3. The van der Waals surface area contributed by atoms with Crippen molar-refractivity contribution in [2.45, 2.75) is 49.0 Å². The third kappa shape index (κ3) is 28.6. The molecule has 0 spiro atoms. The van der Waals surface area contributed by atoms with Gasteiger partial charge in [0.05, 0.1) is 23.2 Å². The van der Waals surface area contributed by atoms with E-state index in [0.717, 1.165) is 21.8 Å². The minimum Gasteiger partial charge on any atom is -0.361 e. The Kier molecular flexibility index (Phi) is 42.1. The van der Waals surface area contributed by atoms with Crippen molar-refractivity contribution in [3.63, 3.8) is 0 Å². The smallest absolute Gasteiger partial charge is 0.0453 e. The number of hydrogen-bond acceptors (Lipinski definition) is 8. The number of nitriles is 2. The molecule has 0 unspecified atom stereocenters. The molecule has 0 saturated carbocycles. The summed E-state index contributed by atoms with van der Waals surface area (Å²) in [6, 6.07) is 33.3. The molecule has 0 amide bonds. The predicted molar refractivity (Wildman–Crippen MR) is 340 cm³/mol. The molecule has 24 heteroatoms. The van der Waals surface area contributed by atoms with Gasteiger partial charge in [-0.25, -0.2) is 0 Å². The first kappa shape index (κ1) is 64.7. The van der Waals surface area contributed by atoms with Crippen molar-refractivity contribution in [1.29, 1.82) is 10.5 Å². The largest absolute Gasteiger partial charge is 0.361 e. The molecule has 0 aliphatic rings. The normalized spacial score (nSPS) is 10.1. The summed E-state index contributed by atoms with van der Waals surface area (Å²) in [5.41, 5.74) is 3.16. The van der Waals surface area contributed by atoms with Gasteiger partial charge >= 0.3 is 157 Å². The number of aryl methyl sites for hydroxylation is 1. The molecule has 0 fully saturated rings. The van der Waals surface area contributed by atoms with E-state index in [9.17, 15) is 14.4 Å². The van der Waals surface area contributed by atoms with Crippen molar-refractivity contribution in [2.24, 2.45) is 0 Å². The van der Waals surface area contributed by atoms with Crippen molar-refractivity contribution in [3.05, 3.63) is 115 Å². The van der Waals surface area contributed by atoms with Gasteiger partial charge in [0.25, 0.3) is 0 Å². The summed E-state index contributed by atoms with van der Waals surface area (Å²) in [7, 11) is -1.16. The van der Waals surface area contributed by atoms with Gasteiger partial charge in [-0.2, -0.15) is 15.7 Å². The first-order chi connectivity index (χ1) is 28.5. The standard InChI is InChI=1S/2C10H9NO.C8H7N.C2H3ClO.C2H4N4.2C2H3N.CH4.I11/c2*1-8(12)11-7-6-9-4-2-3-5-10(9)11;1-2-4-8-7(3-1)5-6-9-8;1-2(3)4;1-2-3-5-6-4-2;2*1-2-3;;1-7-9(4)11(6)10(5)8(2)3/h2*2-7H,1H3;1-6,9H;1H3;1H3,(H,3,4,5,6);2*1H3;1H4;/q;;;;;;;;-1. The van der Waals surface area contributed by atoms with Crippen LogP contribution in [0.2, 0.25) is 0 Å². The molecule has 7 aromatic rings. The zero-order valence-corrected chi connectivity index (χ0v) is 56.8. The molecule has 7 rings (SSSR count). The van der Waals surface area contributed by atoms with Crippen LogP contribution in [-0.4, -0.2) is 51.8 Å². The van der Waals surface area contributed by atoms with Gasteiger partial charge in [0, 0.05) is 69.5 Å². The van der Waals surface area contributed by atoms with E-state index in [-0.39, 0.29) is 56.1 Å². The van der Waals surface area contributed by atoms with E-state index >= 15 is 0 Å². The summed E-state index contributed by atoms with van der Waals surface area (Å²) in [6.45, 7) is 9.05. The van der Waals surface area contributed by atoms with Crippen molar-refractivity contribution < 1.29 is 27.6 Å². The predicted octanol–water partition coefficient (Wildman–Crippen LogP) is 14.6. The fraction of sp³-hybridized carbons (Fsp3) is 0.189. The number of halogens is 12. The van der Waals surface area contributed by atoms with Gasteiger partial charge < -0.3 is 4.98 Å². The first-order valence-electron chi connectivity index (χ1n) is 16.1. The van der Waals surface area contributed by atoms with E-state index in [0.29, 0.717) is 19.1 Å². The maximum atomic E-state index is 11.1. The van der Waals surface area contributed by atoms with Crippen LogP contribution < -0.4 is 13.3 Å². The molecule has 0 atom stereocenters. The van der Waals surface area contributed by atoms with Crippen LogP contribution in [0.5, 0.6) is 0 Å². The van der Waals surface area contributed by atoms with Crippen molar-refractivity contribution in [1.82, 2.24) is 34.7 Å². The van der Waals surface area contributed by atoms with Gasteiger partial charge in [-0.05, 0) is 60.3 Å². The number of nitrogens with one attached hydrogen (secondary N) is 2. The van der Waals surface area contributed by atoms with Crippen LogP contribution in [0.25, 0.3) is 32.7 Å². The summed E-state index contributed by atoms with van der Waals surface area (Å²) in [5.74, 6) is 0.780. The van der Waals surface area contributed by atoms with E-state index in [1.807, 2.05) is 79.0 Å². The Morgan fingerprint density at radius 3 is 1.46 bits per heavy atom. The summed E-state index contributed by atoms with van der Waals surface area (Å²) in [6.07, 6.45) is 5.55. The second kappa shape index (κ2) is 39.6. The summed E-state index contributed by atoms with van der Waals surface area (Å²) >= 11 is 22.4. The van der Waals surface area contributed by atoms with Gasteiger partial charge in [0.2, 0.25) is 17.1 Å². The molecule has 0 radical (unpaired) electrons. The Morgan fingerprint density at radius 2 is 1.13 bits per heavy atom. The van der Waals surface area contributed by atoms with Crippen LogP contribution >= 0.6 is 155 Å². The number of fused-ring (bicyclic) bond motifs is 3. The van der Waals surface area contributed by atoms with Gasteiger partial charge in [0.15, 0.2) is 5.82 Å². The quantitative estimate of drug-likeness (QED) is 0.129. The summed E-state index contributed by atoms with van der Waals surface area (Å²) in [4.78, 5) is 34.5. The maximum Gasteiger partial charge on any atom is 0.0453 e. The van der Waals surface area contributed by atoms with Crippen LogP contribution in [0, 0.1) is 29.6 Å². The van der Waals surface area contributed by atoms with Crippen LogP contribution in [0.3, 0.4) is 0 Å². The minimum absolute atomic E-state index is 0. The van der Waals surface area contributed by atoms with Gasteiger partial charge in [-0.1, -0.05) is 67.2 Å². The fourth-order valence-electron chi connectivity index (χ4n) is 4.00. The second-order valence-corrected chi connectivity index (χ2v) is 222. The molecule has 3 aromatic carbocycles. The molecular weight excluding hydrogens is 2050 g/mol. The fourth-order valence-corrected chi connectivity index (χ4v) is 1050. The Hall–Kier alpha value is 1.66. The summed E-state index contributed by atoms with van der Waals surface area (Å²) < 4.78 is 3.30. The number of tetrazole rings is 1. The van der Waals surface area contributed by atoms with Crippen LogP contribution in [0.15, 0.2) is 110 Å². The monoisotopic (exact) mass is 2090 g/mol. The topological polar surface area (TPSA) is 179 Å². The number of aromatic nitrogens is 7. The Bertz CT molecular complexity index is 2230. The molecule has 0 bridgehead atoms. The minimum atomic E-state index is -0.361. The molecule has 4 heterocycles. The van der Waals surface area contributed by atoms with Crippen LogP contribution in [-0.2, 0) is 4.79 Å². The number of nitrogens with zero attached hydrogens (tertiary/aromatic N) is 7. The average Bonchev–Trinajstić information content (AvgIpc) is 4.05. The van der Waals surface area contributed by atoms with Crippen LogP contribution in [0.4, 0.5) is 0 Å². The zero-order valence-electron chi connectivity index (χ0n) is 32.3. The third-order valence-corrected chi connectivity index (χ3v) is 584. The van der Waals surface area contributed by atoms with E-state index in [4.69, 9.17) is 10.5 Å².